The van der Waals surface area contributed by atoms with Gasteiger partial charge in [-0.15, -0.1) is 0 Å². The number of methoxy groups -OCH3 is 1. The molecule has 30 heavy (non-hydrogen) atoms. The molecule has 8 nitrogen and oxygen atoms in total. The lowest BCUT2D eigenvalue weighted by Crippen LogP contribution is -2.41. The van der Waals surface area contributed by atoms with Gasteiger partial charge >= 0.3 is 0 Å². The third-order valence-electron chi connectivity index (χ3n) is 5.67. The van der Waals surface area contributed by atoms with Crippen molar-refractivity contribution in [1.29, 1.82) is 0 Å². The lowest BCUT2D eigenvalue weighted by atomic mass is 9.92. The van der Waals surface area contributed by atoms with Crippen LogP contribution in [-0.4, -0.2) is 62.1 Å². The number of nitrogens with one attached hydrogen (secondary N) is 1. The molecule has 0 radical (unpaired) electrons. The largest absolute Gasteiger partial charge is 0.384 e. The molecule has 0 bridgehead atoms. The fraction of sp³-hybridized carbons (Fsp3) is 0.429. The minimum absolute atomic E-state index is 0.0598. The summed E-state index contributed by atoms with van der Waals surface area (Å²) in [4.78, 5) is 27.6. The maximum Gasteiger partial charge on any atom is 0.260 e. The zero-order chi connectivity index (χ0) is 21.6. The van der Waals surface area contributed by atoms with Crippen LogP contribution in [0.1, 0.15) is 24.0 Å². The normalized spacial score (nSPS) is 20.1. The molecule has 0 spiro atoms. The second-order valence-corrected chi connectivity index (χ2v) is 10.0. The average Bonchev–Trinajstić information content (AvgIpc) is 2.99. The quantitative estimate of drug-likeness (QED) is 0.736. The smallest absolute Gasteiger partial charge is 0.260 e. The summed E-state index contributed by atoms with van der Waals surface area (Å²) in [5.74, 6) is -0.247. The van der Waals surface area contributed by atoms with Crippen LogP contribution in [0.25, 0.3) is 11.3 Å². The molecule has 0 saturated heterocycles. The maximum atomic E-state index is 13.1. The van der Waals surface area contributed by atoms with E-state index in [-0.39, 0.29) is 29.7 Å². The molecule has 160 valence electrons. The predicted octanol–water partition coefficient (Wildman–Crippen LogP) is 0.663. The Bertz CT molecular complexity index is 1170. The monoisotopic (exact) mass is 431 g/mol. The van der Waals surface area contributed by atoms with Gasteiger partial charge in [-0.1, -0.05) is 0 Å². The second-order valence-electron chi connectivity index (χ2n) is 7.91. The van der Waals surface area contributed by atoms with E-state index in [2.05, 4.69) is 5.32 Å². The number of carbonyl (C=O) groups is 1. The molecule has 2 aliphatic heterocycles. The minimum Gasteiger partial charge on any atom is -0.384 e. The highest BCUT2D eigenvalue weighted by Crippen LogP contribution is 2.42. The zero-order valence-corrected chi connectivity index (χ0v) is 18.1. The van der Waals surface area contributed by atoms with Gasteiger partial charge in [-0.3, -0.25) is 9.59 Å². The number of pyridine rings is 1. The molecule has 1 unspecified atom stereocenters. The Balaban J connectivity index is 1.94. The van der Waals surface area contributed by atoms with Gasteiger partial charge < -0.3 is 19.5 Å². The van der Waals surface area contributed by atoms with Crippen LogP contribution in [0.3, 0.4) is 0 Å². The van der Waals surface area contributed by atoms with Crippen LogP contribution >= 0.6 is 0 Å². The first kappa shape index (κ1) is 20.6. The van der Waals surface area contributed by atoms with E-state index in [9.17, 15) is 18.0 Å². The fourth-order valence-electron chi connectivity index (χ4n) is 4.37. The van der Waals surface area contributed by atoms with Crippen LogP contribution in [0.5, 0.6) is 0 Å². The number of aryl methyl sites for hydroxylation is 1. The van der Waals surface area contributed by atoms with Crippen molar-refractivity contribution >= 4 is 27.0 Å². The van der Waals surface area contributed by atoms with E-state index in [0.717, 1.165) is 11.1 Å². The summed E-state index contributed by atoms with van der Waals surface area (Å²) in [6, 6.07) is 1.60. The van der Waals surface area contributed by atoms with E-state index < -0.39 is 9.84 Å². The first-order valence-corrected chi connectivity index (χ1v) is 11.9. The third kappa shape index (κ3) is 3.52. The summed E-state index contributed by atoms with van der Waals surface area (Å²) in [7, 11) is -0.114. The lowest BCUT2D eigenvalue weighted by Gasteiger charge is -2.31. The Morgan fingerprint density at radius 1 is 1.37 bits per heavy atom. The van der Waals surface area contributed by atoms with E-state index in [0.29, 0.717) is 42.0 Å². The van der Waals surface area contributed by atoms with Gasteiger partial charge in [0.25, 0.3) is 5.56 Å². The van der Waals surface area contributed by atoms with Crippen LogP contribution < -0.4 is 10.9 Å². The van der Waals surface area contributed by atoms with Crippen LogP contribution in [0.4, 0.5) is 0 Å². The van der Waals surface area contributed by atoms with Gasteiger partial charge in [-0.25, -0.2) is 8.42 Å². The molecule has 1 amide bonds. The average molecular weight is 432 g/mol. The summed E-state index contributed by atoms with van der Waals surface area (Å²) < 4.78 is 30.8. The molecule has 1 aliphatic carbocycles. The second kappa shape index (κ2) is 7.55. The Morgan fingerprint density at radius 3 is 2.83 bits per heavy atom. The first-order valence-electron chi connectivity index (χ1n) is 9.80. The summed E-state index contributed by atoms with van der Waals surface area (Å²) in [6.07, 6.45) is 7.38. The fourth-order valence-corrected chi connectivity index (χ4v) is 5.18. The number of hydrogen-bond acceptors (Lipinski definition) is 6. The van der Waals surface area contributed by atoms with E-state index in [1.807, 2.05) is 6.08 Å². The van der Waals surface area contributed by atoms with Gasteiger partial charge in [0, 0.05) is 44.9 Å². The molecule has 1 N–H and O–H groups in total. The first-order chi connectivity index (χ1) is 14.2. The Kier molecular flexibility index (Phi) is 5.19. The number of fused-ring (bicyclic) bond motifs is 2. The number of amides is 1. The van der Waals surface area contributed by atoms with Crippen LogP contribution in [0, 0.1) is 0 Å². The van der Waals surface area contributed by atoms with Crippen molar-refractivity contribution in [2.24, 2.45) is 7.05 Å². The van der Waals surface area contributed by atoms with Crippen molar-refractivity contribution < 1.29 is 17.9 Å². The highest BCUT2D eigenvalue weighted by molar-refractivity contribution is 7.91. The molecule has 3 aliphatic rings. The SMILES string of the molecule is COCCC(=O)N1C=C2C=C(CS(C)(=O)=O)c3ccn(C)c(=O)c3C3=C2C1CCN3. The maximum absolute atomic E-state index is 13.1. The van der Waals surface area contributed by atoms with Crippen molar-refractivity contribution in [2.75, 3.05) is 32.3 Å². The third-order valence-corrected chi connectivity index (χ3v) is 6.50. The Morgan fingerprint density at radius 2 is 2.13 bits per heavy atom. The number of allylic oxidation sites excluding steroid dienone is 1. The lowest BCUT2D eigenvalue weighted by molar-refractivity contribution is -0.130. The molecular formula is C21H25N3O5S. The van der Waals surface area contributed by atoms with Crippen LogP contribution in [0.2, 0.25) is 0 Å². The van der Waals surface area contributed by atoms with Crippen molar-refractivity contribution in [3.05, 3.63) is 57.2 Å². The topological polar surface area (TPSA) is 97.7 Å². The van der Waals surface area contributed by atoms with E-state index in [1.165, 1.54) is 10.8 Å². The minimum atomic E-state index is -3.34. The summed E-state index contributed by atoms with van der Waals surface area (Å²) in [5, 5.41) is 3.35. The van der Waals surface area contributed by atoms with E-state index >= 15 is 0 Å². The van der Waals surface area contributed by atoms with Crippen LogP contribution in [-0.2, 0) is 26.4 Å². The highest BCUT2D eigenvalue weighted by Gasteiger charge is 2.40. The molecule has 0 aromatic carbocycles. The number of nitrogens with zero attached hydrogens (tertiary/aromatic N) is 2. The van der Waals surface area contributed by atoms with Gasteiger partial charge in [-0.2, -0.15) is 0 Å². The van der Waals surface area contributed by atoms with Crippen molar-refractivity contribution in [2.45, 2.75) is 18.9 Å². The zero-order valence-electron chi connectivity index (χ0n) is 17.3. The molecule has 0 fully saturated rings. The number of rotatable bonds is 5. The number of sulfone groups is 1. The molecule has 9 heteroatoms. The summed E-state index contributed by atoms with van der Waals surface area (Å²) in [5.41, 5.74) is 3.77. The number of hydrogen-bond donors (Lipinski definition) is 1. The van der Waals surface area contributed by atoms with Crippen molar-refractivity contribution in [1.82, 2.24) is 14.8 Å². The number of aromatic nitrogens is 1. The van der Waals surface area contributed by atoms with Crippen molar-refractivity contribution in [3.8, 4) is 0 Å². The Hall–Kier alpha value is -2.65. The Labute approximate surface area is 175 Å². The van der Waals surface area contributed by atoms with Gasteiger partial charge in [0.1, 0.15) is 0 Å². The molecule has 1 aromatic heterocycles. The van der Waals surface area contributed by atoms with Gasteiger partial charge in [0.15, 0.2) is 9.84 Å². The van der Waals surface area contributed by atoms with Gasteiger partial charge in [0.2, 0.25) is 5.91 Å². The molecule has 0 saturated carbocycles. The van der Waals surface area contributed by atoms with E-state index in [4.69, 9.17) is 4.74 Å². The van der Waals surface area contributed by atoms with Crippen molar-refractivity contribution in [3.63, 3.8) is 0 Å². The number of carbonyl (C=O) groups excluding carboxylic acids is 1. The molecule has 4 rings (SSSR count). The summed E-state index contributed by atoms with van der Waals surface area (Å²) >= 11 is 0. The molecular weight excluding hydrogens is 406 g/mol. The standard InChI is InChI=1S/C21H25N3O5S/c1-23-8-5-15-14(12-30(3,27)28)10-13-11-24(17(25)6-9-29-2)16-4-7-22-20(18(13)16)19(15)21(23)26/h5,8,10-11,16,22H,4,6-7,9,12H2,1-3H3. The molecule has 1 atom stereocenters. The molecule has 3 heterocycles. The highest BCUT2D eigenvalue weighted by atomic mass is 32.2. The molecule has 1 aromatic rings. The number of ether oxygens (including phenoxy) is 1. The van der Waals surface area contributed by atoms with Gasteiger partial charge in [0.05, 0.1) is 36.1 Å². The summed E-state index contributed by atoms with van der Waals surface area (Å²) in [6.45, 7) is 0.936. The van der Waals surface area contributed by atoms with Gasteiger partial charge in [-0.05, 0) is 35.3 Å². The predicted molar refractivity (Wildman–Crippen MR) is 114 cm³/mol. The van der Waals surface area contributed by atoms with Crippen LogP contribution in [0.15, 0.2) is 40.5 Å². The van der Waals surface area contributed by atoms with E-state index in [1.54, 1.807) is 37.5 Å².